The Morgan fingerprint density at radius 3 is 1.13 bits per heavy atom. The molecule has 0 aliphatic heterocycles. The highest BCUT2D eigenvalue weighted by Crippen LogP contribution is 2.17. The minimum Gasteiger partial charge on any atom is -0.466 e. The molecule has 1 amide bonds. The van der Waals surface area contributed by atoms with Crippen molar-refractivity contribution in [2.24, 2.45) is 0 Å². The van der Waals surface area contributed by atoms with Gasteiger partial charge in [0.25, 0.3) is 0 Å². The van der Waals surface area contributed by atoms with Crippen LogP contribution in [0.15, 0.2) is 36.5 Å². The summed E-state index contributed by atoms with van der Waals surface area (Å²) in [5.41, 5.74) is 0. The number of hydrogen-bond donors (Lipinski definition) is 3. The van der Waals surface area contributed by atoms with Crippen LogP contribution in [0.3, 0.4) is 0 Å². The van der Waals surface area contributed by atoms with Crippen molar-refractivity contribution in [3.8, 4) is 0 Å². The number of aliphatic hydroxyl groups excluding tert-OH is 2. The van der Waals surface area contributed by atoms with Crippen LogP contribution >= 0.6 is 0 Å². The summed E-state index contributed by atoms with van der Waals surface area (Å²) in [5, 5.41) is 23.2. The van der Waals surface area contributed by atoms with Gasteiger partial charge in [0.1, 0.15) is 0 Å². The number of amides is 1. The van der Waals surface area contributed by atoms with Gasteiger partial charge in [-0.15, -0.1) is 0 Å². The zero-order valence-electron chi connectivity index (χ0n) is 46.3. The molecule has 0 aromatic rings. The standard InChI is InChI=1S/C63H119NO5/c1-3-5-7-9-11-13-15-17-19-21-22-23-24-25-26-27-28-30-31-33-35-39-43-47-51-55-61(66)60(59-65)64-62(67)56-52-48-44-40-37-38-42-46-50-54-58-69-63(68)57-53-49-45-41-36-34-32-29-20-18-16-14-12-10-8-6-4-2/h12,14,18,20,51,55,60-61,65-66H,3-11,13,15-17,19,21-50,52-54,56-59H2,1-2H3,(H,64,67)/b14-12-,20-18-,55-51+. The molecule has 0 fully saturated rings. The summed E-state index contributed by atoms with van der Waals surface area (Å²) in [4.78, 5) is 24.6. The van der Waals surface area contributed by atoms with Gasteiger partial charge in [-0.25, -0.2) is 0 Å². The molecule has 0 aromatic heterocycles. The fourth-order valence-corrected chi connectivity index (χ4v) is 9.43. The van der Waals surface area contributed by atoms with Crippen molar-refractivity contribution in [3.63, 3.8) is 0 Å². The lowest BCUT2D eigenvalue weighted by Gasteiger charge is -2.20. The van der Waals surface area contributed by atoms with Crippen molar-refractivity contribution in [1.82, 2.24) is 5.32 Å². The molecule has 0 bridgehead atoms. The number of allylic oxidation sites excluding steroid dienone is 5. The maximum atomic E-state index is 12.5. The van der Waals surface area contributed by atoms with E-state index in [0.717, 1.165) is 64.2 Å². The maximum absolute atomic E-state index is 12.5. The Morgan fingerprint density at radius 1 is 0.406 bits per heavy atom. The normalized spacial score (nSPS) is 12.8. The molecule has 3 N–H and O–H groups in total. The first-order valence-electron chi connectivity index (χ1n) is 30.8. The lowest BCUT2D eigenvalue weighted by Crippen LogP contribution is -2.45. The zero-order chi connectivity index (χ0) is 50.0. The van der Waals surface area contributed by atoms with Crippen LogP contribution in [0.1, 0.15) is 328 Å². The summed E-state index contributed by atoms with van der Waals surface area (Å²) in [6, 6.07) is -0.647. The Bertz CT molecular complexity index is 1120. The largest absolute Gasteiger partial charge is 0.466 e. The Hall–Kier alpha value is -1.92. The third-order valence-corrected chi connectivity index (χ3v) is 14.2. The molecule has 0 aliphatic rings. The summed E-state index contributed by atoms with van der Waals surface area (Å²) >= 11 is 0. The molecule has 0 saturated heterocycles. The van der Waals surface area contributed by atoms with E-state index in [1.807, 2.05) is 6.08 Å². The summed E-state index contributed by atoms with van der Waals surface area (Å²) in [7, 11) is 0. The summed E-state index contributed by atoms with van der Waals surface area (Å²) < 4.78 is 5.47. The zero-order valence-corrected chi connectivity index (χ0v) is 46.3. The van der Waals surface area contributed by atoms with Crippen molar-refractivity contribution in [2.45, 2.75) is 341 Å². The van der Waals surface area contributed by atoms with E-state index >= 15 is 0 Å². The van der Waals surface area contributed by atoms with Gasteiger partial charge in [-0.2, -0.15) is 0 Å². The summed E-state index contributed by atoms with van der Waals surface area (Å²) in [6.07, 6.45) is 73.2. The van der Waals surface area contributed by atoms with Gasteiger partial charge in [0, 0.05) is 12.8 Å². The van der Waals surface area contributed by atoms with E-state index in [-0.39, 0.29) is 18.5 Å². The van der Waals surface area contributed by atoms with E-state index in [2.05, 4.69) is 43.5 Å². The molecule has 0 saturated carbocycles. The van der Waals surface area contributed by atoms with E-state index in [9.17, 15) is 19.8 Å². The fourth-order valence-electron chi connectivity index (χ4n) is 9.43. The fraction of sp³-hybridized carbons (Fsp3) is 0.873. The van der Waals surface area contributed by atoms with Crippen LogP contribution in [-0.2, 0) is 14.3 Å². The molecule has 2 unspecified atom stereocenters. The molecule has 406 valence electrons. The highest BCUT2D eigenvalue weighted by Gasteiger charge is 2.18. The van der Waals surface area contributed by atoms with Gasteiger partial charge in [-0.05, 0) is 64.2 Å². The quantitative estimate of drug-likeness (QED) is 0.0321. The number of nitrogens with one attached hydrogen (secondary N) is 1. The molecule has 2 atom stereocenters. The third-order valence-electron chi connectivity index (χ3n) is 14.2. The average Bonchev–Trinajstić information content (AvgIpc) is 3.35. The van der Waals surface area contributed by atoms with Crippen molar-refractivity contribution in [1.29, 1.82) is 0 Å². The van der Waals surface area contributed by atoms with Crippen molar-refractivity contribution >= 4 is 11.9 Å². The van der Waals surface area contributed by atoms with Crippen LogP contribution < -0.4 is 5.32 Å². The monoisotopic (exact) mass is 970 g/mol. The van der Waals surface area contributed by atoms with Crippen LogP contribution in [0, 0.1) is 0 Å². The van der Waals surface area contributed by atoms with E-state index in [1.165, 1.54) is 238 Å². The summed E-state index contributed by atoms with van der Waals surface area (Å²) in [5.74, 6) is -0.116. The second-order valence-electron chi connectivity index (χ2n) is 21.0. The molecule has 6 nitrogen and oxygen atoms in total. The first-order chi connectivity index (χ1) is 34.0. The maximum Gasteiger partial charge on any atom is 0.305 e. The number of rotatable bonds is 57. The summed E-state index contributed by atoms with van der Waals surface area (Å²) in [6.45, 7) is 4.84. The van der Waals surface area contributed by atoms with E-state index < -0.39 is 12.1 Å². The number of carbonyl (C=O) groups excluding carboxylic acids is 2. The first kappa shape index (κ1) is 67.1. The molecule has 0 heterocycles. The van der Waals surface area contributed by atoms with Gasteiger partial charge in [0.15, 0.2) is 0 Å². The molecule has 69 heavy (non-hydrogen) atoms. The van der Waals surface area contributed by atoms with E-state index in [4.69, 9.17) is 4.74 Å². The van der Waals surface area contributed by atoms with Gasteiger partial charge in [-0.3, -0.25) is 9.59 Å². The average molecular weight is 971 g/mol. The molecule has 0 rings (SSSR count). The van der Waals surface area contributed by atoms with Gasteiger partial charge in [0.05, 0.1) is 25.4 Å². The Balaban J connectivity index is 3.50. The van der Waals surface area contributed by atoms with Gasteiger partial charge < -0.3 is 20.3 Å². The highest BCUT2D eigenvalue weighted by molar-refractivity contribution is 5.76. The molecule has 0 aromatic carbocycles. The van der Waals surface area contributed by atoms with Gasteiger partial charge in [0.2, 0.25) is 5.91 Å². The Morgan fingerprint density at radius 2 is 0.725 bits per heavy atom. The second kappa shape index (κ2) is 58.6. The Kier molecular flexibility index (Phi) is 57.0. The van der Waals surface area contributed by atoms with E-state index in [0.29, 0.717) is 19.4 Å². The van der Waals surface area contributed by atoms with Crippen LogP contribution in [-0.4, -0.2) is 47.4 Å². The van der Waals surface area contributed by atoms with Gasteiger partial charge >= 0.3 is 5.97 Å². The van der Waals surface area contributed by atoms with Crippen molar-refractivity contribution < 1.29 is 24.5 Å². The third kappa shape index (κ3) is 55.2. The molecule has 0 aliphatic carbocycles. The van der Waals surface area contributed by atoms with Crippen molar-refractivity contribution in [2.75, 3.05) is 13.2 Å². The molecule has 0 spiro atoms. The predicted molar refractivity (Wildman–Crippen MR) is 301 cm³/mol. The van der Waals surface area contributed by atoms with Crippen LogP contribution in [0.4, 0.5) is 0 Å². The van der Waals surface area contributed by atoms with Crippen molar-refractivity contribution in [3.05, 3.63) is 36.5 Å². The second-order valence-corrected chi connectivity index (χ2v) is 21.0. The van der Waals surface area contributed by atoms with Crippen LogP contribution in [0.2, 0.25) is 0 Å². The lowest BCUT2D eigenvalue weighted by molar-refractivity contribution is -0.143. The topological polar surface area (TPSA) is 95.9 Å². The highest BCUT2D eigenvalue weighted by atomic mass is 16.5. The van der Waals surface area contributed by atoms with Crippen LogP contribution in [0.5, 0.6) is 0 Å². The number of unbranched alkanes of at least 4 members (excludes halogenated alkanes) is 42. The number of aliphatic hydroxyl groups is 2. The minimum absolute atomic E-state index is 0.0279. The molecule has 6 heteroatoms. The minimum atomic E-state index is -0.862. The molecule has 0 radical (unpaired) electrons. The molecular formula is C63H119NO5. The predicted octanol–water partition coefficient (Wildman–Crippen LogP) is 19.2. The number of ether oxygens (including phenoxy) is 1. The lowest BCUT2D eigenvalue weighted by atomic mass is 10.0. The molecular weight excluding hydrogens is 851 g/mol. The first-order valence-corrected chi connectivity index (χ1v) is 30.8. The van der Waals surface area contributed by atoms with Gasteiger partial charge in [-0.1, -0.05) is 288 Å². The smallest absolute Gasteiger partial charge is 0.305 e. The van der Waals surface area contributed by atoms with E-state index in [1.54, 1.807) is 6.08 Å². The van der Waals surface area contributed by atoms with Crippen LogP contribution in [0.25, 0.3) is 0 Å². The number of esters is 1. The Labute approximate surface area is 430 Å². The SMILES string of the molecule is CCCCC/C=C\C/C=C\CCCCCCCCCC(=O)OCCCCCCCCCCCCC(=O)NC(CO)C(O)/C=C/CCCCCCCCCCCCCCCCCCCCCCCCC. The number of carbonyl (C=O) groups is 2. The number of hydrogen-bond acceptors (Lipinski definition) is 5.